The van der Waals surface area contributed by atoms with E-state index < -0.39 is 6.10 Å². The van der Waals surface area contributed by atoms with Crippen LogP contribution in [0.3, 0.4) is 0 Å². The third-order valence-corrected chi connectivity index (χ3v) is 4.73. The highest BCUT2D eigenvalue weighted by molar-refractivity contribution is 6.01. The van der Waals surface area contributed by atoms with Crippen LogP contribution in [0.4, 0.5) is 11.4 Å². The Kier molecular flexibility index (Phi) is 7.36. The van der Waals surface area contributed by atoms with Gasteiger partial charge in [0.05, 0.1) is 12.3 Å². The van der Waals surface area contributed by atoms with Gasteiger partial charge in [-0.15, -0.1) is 0 Å². The molecule has 0 bridgehead atoms. The number of benzene rings is 2. The average molecular weight is 428 g/mol. The number of amides is 2. The lowest BCUT2D eigenvalue weighted by molar-refractivity contribution is -0.125. The quantitative estimate of drug-likeness (QED) is 0.663. The molecule has 0 saturated heterocycles. The molecule has 2 aromatic carbocycles. The molecule has 31 heavy (non-hydrogen) atoms. The fraction of sp³-hybridized carbons (Fsp3) is 0.391. The van der Waals surface area contributed by atoms with Crippen molar-refractivity contribution in [2.75, 3.05) is 50.6 Å². The molecule has 0 saturated carbocycles. The molecule has 1 atom stereocenters. The highest BCUT2D eigenvalue weighted by Gasteiger charge is 2.31. The van der Waals surface area contributed by atoms with Crippen LogP contribution >= 0.6 is 0 Å². The minimum absolute atomic E-state index is 0.100. The van der Waals surface area contributed by atoms with Gasteiger partial charge in [-0.2, -0.15) is 0 Å². The van der Waals surface area contributed by atoms with Gasteiger partial charge < -0.3 is 29.3 Å². The average Bonchev–Trinajstić information content (AvgIpc) is 2.74. The van der Waals surface area contributed by atoms with Crippen LogP contribution in [0, 0.1) is 0 Å². The predicted molar refractivity (Wildman–Crippen MR) is 119 cm³/mol. The van der Waals surface area contributed by atoms with Crippen molar-refractivity contribution in [1.82, 2.24) is 4.90 Å². The van der Waals surface area contributed by atoms with Crippen LogP contribution in [0.5, 0.6) is 17.2 Å². The predicted octanol–water partition coefficient (Wildman–Crippen LogP) is 2.78. The van der Waals surface area contributed by atoms with E-state index in [1.807, 2.05) is 25.9 Å². The van der Waals surface area contributed by atoms with Crippen molar-refractivity contribution in [2.45, 2.75) is 20.0 Å². The van der Waals surface area contributed by atoms with Gasteiger partial charge in [-0.25, -0.2) is 0 Å². The summed E-state index contributed by atoms with van der Waals surface area (Å²) < 4.78 is 16.6. The van der Waals surface area contributed by atoms with Crippen LogP contribution in [0.2, 0.25) is 0 Å². The zero-order chi connectivity index (χ0) is 22.4. The first-order valence-electron chi connectivity index (χ1n) is 10.3. The van der Waals surface area contributed by atoms with Crippen LogP contribution in [0.15, 0.2) is 42.5 Å². The SMILES string of the molecule is CCOc1ccc(OCC(=O)Nc2ccc3c(c2)N(CCN(C)C)C(=O)C(C)O3)cc1. The number of nitrogens with zero attached hydrogens (tertiary/aromatic N) is 2. The van der Waals surface area contributed by atoms with E-state index in [4.69, 9.17) is 14.2 Å². The van der Waals surface area contributed by atoms with Crippen molar-refractivity contribution < 1.29 is 23.8 Å². The summed E-state index contributed by atoms with van der Waals surface area (Å²) in [6.45, 7) is 5.35. The number of likely N-dealkylation sites (N-methyl/N-ethyl adjacent to an activating group) is 1. The minimum atomic E-state index is -0.544. The van der Waals surface area contributed by atoms with Crippen molar-refractivity contribution in [2.24, 2.45) is 0 Å². The second-order valence-electron chi connectivity index (χ2n) is 7.48. The number of anilines is 2. The Bertz CT molecular complexity index is 914. The first-order valence-corrected chi connectivity index (χ1v) is 10.3. The number of hydrogen-bond donors (Lipinski definition) is 1. The molecule has 0 aromatic heterocycles. The Morgan fingerprint density at radius 3 is 2.45 bits per heavy atom. The molecule has 1 aliphatic rings. The zero-order valence-electron chi connectivity index (χ0n) is 18.4. The second kappa shape index (κ2) is 10.2. The number of hydrogen-bond acceptors (Lipinski definition) is 6. The van der Waals surface area contributed by atoms with E-state index in [-0.39, 0.29) is 18.4 Å². The molecule has 166 valence electrons. The van der Waals surface area contributed by atoms with Gasteiger partial charge in [0.2, 0.25) is 0 Å². The third kappa shape index (κ3) is 5.88. The van der Waals surface area contributed by atoms with Gasteiger partial charge in [0.25, 0.3) is 11.8 Å². The van der Waals surface area contributed by atoms with Crippen molar-refractivity contribution in [3.8, 4) is 17.2 Å². The smallest absolute Gasteiger partial charge is 0.267 e. The molecule has 0 aliphatic carbocycles. The van der Waals surface area contributed by atoms with E-state index in [9.17, 15) is 9.59 Å². The summed E-state index contributed by atoms with van der Waals surface area (Å²) in [5.74, 6) is 1.54. The van der Waals surface area contributed by atoms with Gasteiger partial charge in [0.15, 0.2) is 12.7 Å². The minimum Gasteiger partial charge on any atom is -0.494 e. The fourth-order valence-corrected chi connectivity index (χ4v) is 3.16. The standard InChI is InChI=1S/C23H29N3O5/c1-5-29-18-7-9-19(10-8-18)30-15-22(27)24-17-6-11-21-20(14-17)26(13-12-25(3)4)23(28)16(2)31-21/h6-11,14,16H,5,12-13,15H2,1-4H3,(H,24,27). The topological polar surface area (TPSA) is 80.3 Å². The molecule has 1 aliphatic heterocycles. The monoisotopic (exact) mass is 427 g/mol. The molecule has 3 rings (SSSR count). The maximum Gasteiger partial charge on any atom is 0.267 e. The normalized spacial score (nSPS) is 15.3. The van der Waals surface area contributed by atoms with E-state index in [0.717, 1.165) is 5.75 Å². The molecule has 8 nitrogen and oxygen atoms in total. The van der Waals surface area contributed by atoms with E-state index in [1.54, 1.807) is 54.3 Å². The van der Waals surface area contributed by atoms with Crippen LogP contribution in [-0.4, -0.2) is 63.2 Å². The zero-order valence-corrected chi connectivity index (χ0v) is 18.4. The lowest BCUT2D eigenvalue weighted by Gasteiger charge is -2.34. The summed E-state index contributed by atoms with van der Waals surface area (Å²) in [5.41, 5.74) is 1.22. The van der Waals surface area contributed by atoms with Gasteiger partial charge in [-0.3, -0.25) is 9.59 Å². The highest BCUT2D eigenvalue weighted by atomic mass is 16.5. The Hall–Kier alpha value is -3.26. The largest absolute Gasteiger partial charge is 0.494 e. The molecule has 1 N–H and O–H groups in total. The van der Waals surface area contributed by atoms with E-state index >= 15 is 0 Å². The van der Waals surface area contributed by atoms with Gasteiger partial charge in [0, 0.05) is 18.8 Å². The summed E-state index contributed by atoms with van der Waals surface area (Å²) in [6.07, 6.45) is -0.544. The first-order chi connectivity index (χ1) is 14.9. The fourth-order valence-electron chi connectivity index (χ4n) is 3.16. The first kappa shape index (κ1) is 22.4. The third-order valence-electron chi connectivity index (χ3n) is 4.73. The van der Waals surface area contributed by atoms with E-state index in [1.165, 1.54) is 0 Å². The van der Waals surface area contributed by atoms with Gasteiger partial charge >= 0.3 is 0 Å². The number of fused-ring (bicyclic) bond motifs is 1. The lowest BCUT2D eigenvalue weighted by Crippen LogP contribution is -2.46. The van der Waals surface area contributed by atoms with Gasteiger partial charge in [-0.1, -0.05) is 0 Å². The summed E-state index contributed by atoms with van der Waals surface area (Å²) in [4.78, 5) is 28.7. The molecule has 0 radical (unpaired) electrons. The molecule has 1 heterocycles. The molecule has 0 spiro atoms. The van der Waals surface area contributed by atoms with Crippen molar-refractivity contribution in [3.05, 3.63) is 42.5 Å². The highest BCUT2D eigenvalue weighted by Crippen LogP contribution is 2.36. The number of nitrogens with one attached hydrogen (secondary N) is 1. The Labute approximate surface area is 182 Å². The van der Waals surface area contributed by atoms with Crippen LogP contribution < -0.4 is 24.4 Å². The summed E-state index contributed by atoms with van der Waals surface area (Å²) in [7, 11) is 3.91. The molecular formula is C23H29N3O5. The molecule has 1 unspecified atom stereocenters. The molecule has 0 fully saturated rings. The Balaban J connectivity index is 1.64. The maximum atomic E-state index is 12.6. The van der Waals surface area contributed by atoms with Crippen LogP contribution in [-0.2, 0) is 9.59 Å². The number of ether oxygens (including phenoxy) is 3. The van der Waals surface area contributed by atoms with Crippen LogP contribution in [0.25, 0.3) is 0 Å². The Morgan fingerprint density at radius 1 is 1.13 bits per heavy atom. The van der Waals surface area contributed by atoms with Gasteiger partial charge in [0.1, 0.15) is 17.2 Å². The van der Waals surface area contributed by atoms with Crippen molar-refractivity contribution in [3.63, 3.8) is 0 Å². The van der Waals surface area contributed by atoms with E-state index in [0.29, 0.717) is 42.6 Å². The molecular weight excluding hydrogens is 398 g/mol. The molecule has 8 heteroatoms. The van der Waals surface area contributed by atoms with Crippen molar-refractivity contribution >= 4 is 23.2 Å². The maximum absolute atomic E-state index is 12.6. The number of carbonyl (C=O) groups excluding carboxylic acids is 2. The molecule has 2 aromatic rings. The molecule has 2 amide bonds. The lowest BCUT2D eigenvalue weighted by atomic mass is 10.1. The summed E-state index contributed by atoms with van der Waals surface area (Å²) >= 11 is 0. The summed E-state index contributed by atoms with van der Waals surface area (Å²) in [6, 6.07) is 12.4. The number of carbonyl (C=O) groups is 2. The Morgan fingerprint density at radius 2 is 1.81 bits per heavy atom. The summed E-state index contributed by atoms with van der Waals surface area (Å²) in [5, 5.41) is 2.81. The van der Waals surface area contributed by atoms with Gasteiger partial charge in [-0.05, 0) is 70.4 Å². The van der Waals surface area contributed by atoms with Crippen molar-refractivity contribution in [1.29, 1.82) is 0 Å². The van der Waals surface area contributed by atoms with E-state index in [2.05, 4.69) is 5.32 Å². The second-order valence-corrected chi connectivity index (χ2v) is 7.48. The number of rotatable bonds is 9. The van der Waals surface area contributed by atoms with Crippen LogP contribution in [0.1, 0.15) is 13.8 Å².